The van der Waals surface area contributed by atoms with E-state index in [1.807, 2.05) is 60.7 Å². The van der Waals surface area contributed by atoms with Gasteiger partial charge in [-0.15, -0.1) is 0 Å². The van der Waals surface area contributed by atoms with E-state index in [1.165, 1.54) is 10.8 Å². The van der Waals surface area contributed by atoms with Crippen molar-refractivity contribution in [2.45, 2.75) is 12.8 Å². The fraction of sp³-hybridized carbons (Fsp3) is 0.0769. The summed E-state index contributed by atoms with van der Waals surface area (Å²) in [5.41, 5.74) is 0.634. The second-order valence-electron chi connectivity index (χ2n) is 7.96. The van der Waals surface area contributed by atoms with Crippen molar-refractivity contribution >= 4 is 0 Å². The van der Waals surface area contributed by atoms with Gasteiger partial charge in [0.2, 0.25) is 5.82 Å². The van der Waals surface area contributed by atoms with Crippen LogP contribution < -0.4 is 5.56 Å². The molecule has 35 heavy (non-hydrogen) atoms. The Labute approximate surface area is 195 Å². The quantitative estimate of drug-likeness (QED) is 0.204. The highest BCUT2D eigenvalue weighted by Gasteiger charge is 2.28. The van der Waals surface area contributed by atoms with E-state index in [-0.39, 0.29) is 11.5 Å². The first-order chi connectivity index (χ1) is 16.8. The average Bonchev–Trinajstić information content (AvgIpc) is 3.20. The van der Waals surface area contributed by atoms with Crippen molar-refractivity contribution in [1.82, 2.24) is 14.5 Å². The number of fused-ring (bicyclic) bond motifs is 1. The molecule has 4 nitrogen and oxygen atoms in total. The zero-order valence-corrected chi connectivity index (χ0v) is 18.0. The molecular formula is C26H16F5N3O. The predicted molar refractivity (Wildman–Crippen MR) is 119 cm³/mol. The molecule has 1 N–H and O–H groups in total. The summed E-state index contributed by atoms with van der Waals surface area (Å²) in [5, 5.41) is 0. The minimum Gasteiger partial charge on any atom is -0.354 e. The molecule has 0 amide bonds. The van der Waals surface area contributed by atoms with Gasteiger partial charge in [0, 0.05) is 24.6 Å². The second-order valence-corrected chi connectivity index (χ2v) is 7.96. The summed E-state index contributed by atoms with van der Waals surface area (Å²) < 4.78 is 70.6. The van der Waals surface area contributed by atoms with Crippen LogP contribution in [0.4, 0.5) is 22.0 Å². The molecule has 0 saturated heterocycles. The van der Waals surface area contributed by atoms with Gasteiger partial charge in [0.1, 0.15) is 5.69 Å². The van der Waals surface area contributed by atoms with Crippen LogP contribution in [0.1, 0.15) is 22.5 Å². The van der Waals surface area contributed by atoms with E-state index >= 15 is 0 Å². The molecule has 0 aromatic heterocycles. The fourth-order valence-electron chi connectivity index (χ4n) is 3.95. The lowest BCUT2D eigenvalue weighted by atomic mass is 10.1. The molecule has 3 aromatic carbocycles. The van der Waals surface area contributed by atoms with E-state index in [1.54, 1.807) is 0 Å². The Hall–Kier alpha value is -4.27. The Balaban J connectivity index is 1.68. The summed E-state index contributed by atoms with van der Waals surface area (Å²) in [6, 6.07) is 18.5. The lowest BCUT2D eigenvalue weighted by Gasteiger charge is -2.13. The highest BCUT2D eigenvalue weighted by atomic mass is 19.2. The minimum absolute atomic E-state index is 0.192. The molecule has 0 aliphatic carbocycles. The van der Waals surface area contributed by atoms with Crippen LogP contribution in [-0.2, 0) is 12.8 Å². The fourth-order valence-corrected chi connectivity index (χ4v) is 3.95. The summed E-state index contributed by atoms with van der Waals surface area (Å²) in [6.07, 6.45) is 0.984. The van der Waals surface area contributed by atoms with Gasteiger partial charge in [-0.2, -0.15) is 0 Å². The zero-order chi connectivity index (χ0) is 24.7. The molecule has 0 bridgehead atoms. The summed E-state index contributed by atoms with van der Waals surface area (Å²) in [5.74, 6) is -10.2. The van der Waals surface area contributed by atoms with Crippen molar-refractivity contribution in [3.63, 3.8) is 0 Å². The van der Waals surface area contributed by atoms with Crippen LogP contribution in [0.2, 0.25) is 0 Å². The van der Waals surface area contributed by atoms with Crippen molar-refractivity contribution in [2.24, 2.45) is 0 Å². The number of imidazole rings is 1. The first-order valence-electron chi connectivity index (χ1n) is 10.6. The lowest BCUT2D eigenvalue weighted by Crippen LogP contribution is -2.18. The van der Waals surface area contributed by atoms with Gasteiger partial charge < -0.3 is 4.98 Å². The first kappa shape index (κ1) is 22.5. The molecule has 5 rings (SSSR count). The average molecular weight is 481 g/mol. The third kappa shape index (κ3) is 3.99. The number of aromatic amines is 1. The van der Waals surface area contributed by atoms with E-state index in [2.05, 4.69) is 9.97 Å². The molecule has 0 fully saturated rings. The third-order valence-corrected chi connectivity index (χ3v) is 5.70. The standard InChI is InChI=1S/C26H16F5N3O/c27-20-16(21(28)23(30)24(31)22(20)29)12-18-26(35)34-13-19(15-9-5-2-6-10-15)32-17(25(34)33-18)11-14-7-3-1-4-8-14/h1-10,13,32H,11-12H2. The summed E-state index contributed by atoms with van der Waals surface area (Å²) in [4.78, 5) is 20.7. The van der Waals surface area contributed by atoms with Gasteiger partial charge in [-0.1, -0.05) is 60.7 Å². The number of rotatable bonds is 5. The third-order valence-electron chi connectivity index (χ3n) is 5.70. The van der Waals surface area contributed by atoms with Crippen LogP contribution in [0.5, 0.6) is 0 Å². The zero-order valence-electron chi connectivity index (χ0n) is 18.0. The number of nitrogens with zero attached hydrogens (tertiary/aromatic N) is 2. The van der Waals surface area contributed by atoms with Crippen LogP contribution in [0.25, 0.3) is 17.1 Å². The van der Waals surface area contributed by atoms with E-state index < -0.39 is 46.6 Å². The van der Waals surface area contributed by atoms with Gasteiger partial charge in [-0.05, 0) is 11.1 Å². The molecule has 0 atom stereocenters. The Bertz CT molecular complexity index is 1530. The molecule has 3 aromatic rings. The van der Waals surface area contributed by atoms with Crippen molar-refractivity contribution in [3.8, 4) is 17.1 Å². The van der Waals surface area contributed by atoms with Gasteiger partial charge in [0.25, 0.3) is 5.56 Å². The largest absolute Gasteiger partial charge is 0.354 e. The Morgan fingerprint density at radius 2 is 1.31 bits per heavy atom. The summed E-state index contributed by atoms with van der Waals surface area (Å²) >= 11 is 0. The highest BCUT2D eigenvalue weighted by Crippen LogP contribution is 2.27. The topological polar surface area (TPSA) is 50.7 Å². The SMILES string of the molecule is O=c1c(Cc2c(F)c(F)c(F)c(F)c2F)nc2c(Cc3ccccc3)[nH]c(-c3ccccc3)cn1-2. The predicted octanol–water partition coefficient (Wildman–Crippen LogP) is 5.54. The van der Waals surface area contributed by atoms with Gasteiger partial charge >= 0.3 is 0 Å². The van der Waals surface area contributed by atoms with Gasteiger partial charge in [-0.3, -0.25) is 9.36 Å². The number of nitrogens with one attached hydrogen (secondary N) is 1. The molecule has 0 spiro atoms. The Kier molecular flexibility index (Phi) is 5.68. The van der Waals surface area contributed by atoms with Crippen LogP contribution >= 0.6 is 0 Å². The first-order valence-corrected chi connectivity index (χ1v) is 10.6. The highest BCUT2D eigenvalue weighted by molar-refractivity contribution is 5.60. The monoisotopic (exact) mass is 481 g/mol. The maximum atomic E-state index is 14.3. The maximum absolute atomic E-state index is 14.3. The normalized spacial score (nSPS) is 11.3. The molecule has 2 aliphatic rings. The van der Waals surface area contributed by atoms with Gasteiger partial charge in [0.05, 0.1) is 11.4 Å². The molecule has 2 heterocycles. The number of aromatic nitrogens is 3. The number of hydrogen-bond acceptors (Lipinski definition) is 2. The second kappa shape index (κ2) is 8.83. The molecule has 0 radical (unpaired) electrons. The van der Waals surface area contributed by atoms with Crippen LogP contribution in [0.3, 0.4) is 0 Å². The molecule has 0 saturated carbocycles. The van der Waals surface area contributed by atoms with Gasteiger partial charge in [0.15, 0.2) is 29.1 Å². The number of hydrogen-bond donors (Lipinski definition) is 1. The minimum atomic E-state index is -2.26. The van der Waals surface area contributed by atoms with Crippen LogP contribution in [-0.4, -0.2) is 14.5 Å². The van der Waals surface area contributed by atoms with Gasteiger partial charge in [-0.25, -0.2) is 26.9 Å². The van der Waals surface area contributed by atoms with Crippen molar-refractivity contribution in [2.75, 3.05) is 0 Å². The molecule has 2 aliphatic heterocycles. The maximum Gasteiger partial charge on any atom is 0.278 e. The molecule has 9 heteroatoms. The number of benzene rings is 3. The van der Waals surface area contributed by atoms with Crippen LogP contribution in [0.15, 0.2) is 71.7 Å². The van der Waals surface area contributed by atoms with E-state index in [4.69, 9.17) is 0 Å². The van der Waals surface area contributed by atoms with Crippen molar-refractivity contribution < 1.29 is 22.0 Å². The van der Waals surface area contributed by atoms with Crippen LogP contribution in [0, 0.1) is 29.1 Å². The lowest BCUT2D eigenvalue weighted by molar-refractivity contribution is 0.371. The van der Waals surface area contributed by atoms with Crippen molar-refractivity contribution in [1.29, 1.82) is 0 Å². The molecule has 0 unspecified atom stereocenters. The molecule has 176 valence electrons. The Morgan fingerprint density at radius 1 is 0.743 bits per heavy atom. The summed E-state index contributed by atoms with van der Waals surface area (Å²) in [7, 11) is 0. The smallest absolute Gasteiger partial charge is 0.278 e. The molecular weight excluding hydrogens is 465 g/mol. The number of H-pyrrole nitrogens is 1. The van der Waals surface area contributed by atoms with Crippen molar-refractivity contribution in [3.05, 3.63) is 129 Å². The van der Waals surface area contributed by atoms with E-state index in [9.17, 15) is 26.7 Å². The van der Waals surface area contributed by atoms with E-state index in [0.29, 0.717) is 17.8 Å². The Morgan fingerprint density at radius 3 is 1.94 bits per heavy atom. The summed E-state index contributed by atoms with van der Waals surface area (Å²) in [6.45, 7) is 0. The van der Waals surface area contributed by atoms with E-state index in [0.717, 1.165) is 11.1 Å². The number of halogens is 5.